The first-order valence-corrected chi connectivity index (χ1v) is 5.80. The summed E-state index contributed by atoms with van der Waals surface area (Å²) in [5, 5.41) is 6.58. The van der Waals surface area contributed by atoms with Crippen LogP contribution in [0.5, 0.6) is 0 Å². The number of benzene rings is 1. The summed E-state index contributed by atoms with van der Waals surface area (Å²) in [6.45, 7) is 0. The molecule has 0 fully saturated rings. The largest absolute Gasteiger partial charge is 0.465 e. The highest BCUT2D eigenvalue weighted by atomic mass is 16.5. The van der Waals surface area contributed by atoms with Crippen LogP contribution in [0.4, 0.5) is 11.4 Å². The van der Waals surface area contributed by atoms with Gasteiger partial charge in [0.15, 0.2) is 0 Å². The summed E-state index contributed by atoms with van der Waals surface area (Å²) < 4.78 is 5.99. The molecule has 0 bridgehead atoms. The van der Waals surface area contributed by atoms with Crippen molar-refractivity contribution in [1.82, 2.24) is 9.78 Å². The lowest BCUT2D eigenvalue weighted by Gasteiger charge is -2.07. The summed E-state index contributed by atoms with van der Waals surface area (Å²) in [6.07, 6.45) is 1.41. The Bertz CT molecular complexity index is 627. The molecular formula is C13H14N4O3. The molecule has 1 amide bonds. The molecule has 2 rings (SSSR count). The van der Waals surface area contributed by atoms with Crippen molar-refractivity contribution in [3.05, 3.63) is 41.7 Å². The number of hydrogen-bond donors (Lipinski definition) is 2. The zero-order valence-electron chi connectivity index (χ0n) is 11.1. The van der Waals surface area contributed by atoms with Crippen molar-refractivity contribution in [2.24, 2.45) is 7.05 Å². The molecule has 0 saturated heterocycles. The Morgan fingerprint density at radius 3 is 2.45 bits per heavy atom. The minimum atomic E-state index is -0.432. The normalized spacial score (nSPS) is 10.1. The Morgan fingerprint density at radius 1 is 1.30 bits per heavy atom. The van der Waals surface area contributed by atoms with Gasteiger partial charge in [-0.25, -0.2) is 4.79 Å². The van der Waals surface area contributed by atoms with E-state index in [4.69, 9.17) is 5.73 Å². The van der Waals surface area contributed by atoms with Gasteiger partial charge in [-0.15, -0.1) is 0 Å². The van der Waals surface area contributed by atoms with Crippen LogP contribution < -0.4 is 11.1 Å². The number of nitrogen functional groups attached to an aromatic ring is 1. The highest BCUT2D eigenvalue weighted by Crippen LogP contribution is 2.14. The number of esters is 1. The van der Waals surface area contributed by atoms with Crippen LogP contribution in [-0.2, 0) is 11.8 Å². The zero-order chi connectivity index (χ0) is 14.7. The first-order chi connectivity index (χ1) is 9.52. The van der Waals surface area contributed by atoms with Gasteiger partial charge in [-0.05, 0) is 24.3 Å². The Kier molecular flexibility index (Phi) is 3.69. The van der Waals surface area contributed by atoms with Gasteiger partial charge < -0.3 is 15.8 Å². The van der Waals surface area contributed by atoms with Crippen molar-refractivity contribution in [3.8, 4) is 0 Å². The van der Waals surface area contributed by atoms with E-state index in [0.717, 1.165) is 0 Å². The van der Waals surface area contributed by atoms with E-state index < -0.39 is 5.97 Å². The van der Waals surface area contributed by atoms with Gasteiger partial charge in [-0.2, -0.15) is 5.10 Å². The molecule has 7 heteroatoms. The molecule has 104 valence electrons. The lowest BCUT2D eigenvalue weighted by molar-refractivity contribution is 0.0600. The van der Waals surface area contributed by atoms with Crippen LogP contribution in [-0.4, -0.2) is 28.8 Å². The van der Waals surface area contributed by atoms with Crippen molar-refractivity contribution < 1.29 is 14.3 Å². The number of nitrogens with two attached hydrogens (primary N) is 1. The number of aryl methyl sites for hydroxylation is 1. The van der Waals surface area contributed by atoms with Crippen LogP contribution in [0.15, 0.2) is 30.5 Å². The van der Waals surface area contributed by atoms with Crippen LogP contribution >= 0.6 is 0 Å². The van der Waals surface area contributed by atoms with E-state index in [9.17, 15) is 9.59 Å². The van der Waals surface area contributed by atoms with Gasteiger partial charge in [-0.3, -0.25) is 9.48 Å². The molecule has 0 saturated carbocycles. The second kappa shape index (κ2) is 5.43. The van der Waals surface area contributed by atoms with Gasteiger partial charge in [0.1, 0.15) is 5.69 Å². The van der Waals surface area contributed by atoms with Gasteiger partial charge in [0.2, 0.25) is 0 Å². The van der Waals surface area contributed by atoms with Crippen molar-refractivity contribution in [3.63, 3.8) is 0 Å². The fourth-order valence-electron chi connectivity index (χ4n) is 1.73. The monoisotopic (exact) mass is 274 g/mol. The Balaban J connectivity index is 2.15. The number of carbonyl (C=O) groups excluding carboxylic acids is 2. The number of nitrogens with zero attached hydrogens (tertiary/aromatic N) is 2. The van der Waals surface area contributed by atoms with Gasteiger partial charge >= 0.3 is 5.97 Å². The molecule has 0 unspecified atom stereocenters. The van der Waals surface area contributed by atoms with E-state index in [2.05, 4.69) is 15.2 Å². The summed E-state index contributed by atoms with van der Waals surface area (Å²) in [5.74, 6) is -0.799. The molecule has 0 radical (unpaired) electrons. The van der Waals surface area contributed by atoms with E-state index in [1.807, 2.05) is 0 Å². The highest BCUT2D eigenvalue weighted by Gasteiger charge is 2.15. The first kappa shape index (κ1) is 13.6. The molecule has 0 aliphatic carbocycles. The quantitative estimate of drug-likeness (QED) is 0.815. The van der Waals surface area contributed by atoms with Gasteiger partial charge in [-0.1, -0.05) is 0 Å². The van der Waals surface area contributed by atoms with Crippen LogP contribution in [0.3, 0.4) is 0 Å². The van der Waals surface area contributed by atoms with Gasteiger partial charge in [0.25, 0.3) is 5.91 Å². The molecule has 0 aliphatic heterocycles. The molecular weight excluding hydrogens is 260 g/mol. The summed E-state index contributed by atoms with van der Waals surface area (Å²) in [6, 6.07) is 6.34. The summed E-state index contributed by atoms with van der Waals surface area (Å²) >= 11 is 0. The Morgan fingerprint density at radius 2 is 1.95 bits per heavy atom. The zero-order valence-corrected chi connectivity index (χ0v) is 11.1. The number of nitrogens with one attached hydrogen (secondary N) is 1. The predicted octanol–water partition coefficient (Wildman–Crippen LogP) is 1.04. The van der Waals surface area contributed by atoms with E-state index in [0.29, 0.717) is 16.9 Å². The van der Waals surface area contributed by atoms with E-state index in [1.165, 1.54) is 18.0 Å². The standard InChI is InChI=1S/C13H14N4O3/c1-17-11(10(14)7-15-17)12(18)16-9-5-3-8(4-6-9)13(19)20-2/h3-7H,14H2,1-2H3,(H,16,18). The lowest BCUT2D eigenvalue weighted by Crippen LogP contribution is -2.17. The van der Waals surface area contributed by atoms with Gasteiger partial charge in [0.05, 0.1) is 24.6 Å². The topological polar surface area (TPSA) is 99.2 Å². The number of rotatable bonds is 3. The Labute approximate surface area is 115 Å². The maximum absolute atomic E-state index is 12.0. The molecule has 7 nitrogen and oxygen atoms in total. The van der Waals surface area contributed by atoms with Crippen LogP contribution in [0, 0.1) is 0 Å². The van der Waals surface area contributed by atoms with Crippen LogP contribution in [0.1, 0.15) is 20.8 Å². The van der Waals surface area contributed by atoms with Crippen molar-refractivity contribution >= 4 is 23.3 Å². The fraction of sp³-hybridized carbons (Fsp3) is 0.154. The number of methoxy groups -OCH3 is 1. The second-order valence-corrected chi connectivity index (χ2v) is 4.10. The molecule has 20 heavy (non-hydrogen) atoms. The highest BCUT2D eigenvalue weighted by molar-refractivity contribution is 6.06. The SMILES string of the molecule is COC(=O)c1ccc(NC(=O)c2c(N)cnn2C)cc1. The van der Waals surface area contributed by atoms with Crippen molar-refractivity contribution in [2.75, 3.05) is 18.2 Å². The number of hydrogen-bond acceptors (Lipinski definition) is 5. The number of carbonyl (C=O) groups is 2. The van der Waals surface area contributed by atoms with Gasteiger partial charge in [0, 0.05) is 12.7 Å². The molecule has 1 aromatic carbocycles. The average molecular weight is 274 g/mol. The lowest BCUT2D eigenvalue weighted by atomic mass is 10.2. The molecule has 0 atom stereocenters. The van der Waals surface area contributed by atoms with E-state index >= 15 is 0 Å². The second-order valence-electron chi connectivity index (χ2n) is 4.10. The number of ether oxygens (including phenoxy) is 1. The molecule has 1 heterocycles. The molecule has 3 N–H and O–H groups in total. The minimum Gasteiger partial charge on any atom is -0.465 e. The van der Waals surface area contributed by atoms with E-state index in [1.54, 1.807) is 31.3 Å². The Hall–Kier alpha value is -2.83. The molecule has 1 aromatic heterocycles. The third kappa shape index (κ3) is 2.61. The smallest absolute Gasteiger partial charge is 0.337 e. The van der Waals surface area contributed by atoms with Crippen molar-refractivity contribution in [2.45, 2.75) is 0 Å². The third-order valence-corrected chi connectivity index (χ3v) is 2.75. The summed E-state index contributed by atoms with van der Waals surface area (Å²) in [4.78, 5) is 23.3. The van der Waals surface area contributed by atoms with Crippen molar-refractivity contribution in [1.29, 1.82) is 0 Å². The third-order valence-electron chi connectivity index (χ3n) is 2.75. The molecule has 0 spiro atoms. The minimum absolute atomic E-state index is 0.280. The molecule has 0 aliphatic rings. The molecule has 2 aromatic rings. The average Bonchev–Trinajstić information content (AvgIpc) is 2.78. The van der Waals surface area contributed by atoms with E-state index in [-0.39, 0.29) is 11.6 Å². The number of anilines is 2. The predicted molar refractivity (Wildman–Crippen MR) is 73.4 cm³/mol. The van der Waals surface area contributed by atoms with Crippen LogP contribution in [0.25, 0.3) is 0 Å². The maximum atomic E-state index is 12.0. The number of amides is 1. The summed E-state index contributed by atoms with van der Waals surface area (Å²) in [7, 11) is 2.94. The maximum Gasteiger partial charge on any atom is 0.337 e. The van der Waals surface area contributed by atoms with Crippen LogP contribution in [0.2, 0.25) is 0 Å². The fourth-order valence-corrected chi connectivity index (χ4v) is 1.73. The summed E-state index contributed by atoms with van der Waals surface area (Å²) in [5.41, 5.74) is 7.21. The first-order valence-electron chi connectivity index (χ1n) is 5.80. The number of aromatic nitrogens is 2.